The molecule has 4 aromatic rings. The highest BCUT2D eigenvalue weighted by atomic mass is 32.1. The van der Waals surface area contributed by atoms with Crippen LogP contribution in [0.2, 0.25) is 0 Å². The minimum atomic E-state index is 0.944. The Hall–Kier alpha value is -1.55. The van der Waals surface area contributed by atoms with E-state index in [2.05, 4.69) is 54.6 Å². The van der Waals surface area contributed by atoms with Crippen molar-refractivity contribution in [1.82, 2.24) is 0 Å². The topological polar surface area (TPSA) is 0 Å². The van der Waals surface area contributed by atoms with Crippen LogP contribution in [0.5, 0.6) is 0 Å². The van der Waals surface area contributed by atoms with Crippen LogP contribution < -0.4 is 0 Å². The van der Waals surface area contributed by atoms with Crippen LogP contribution in [-0.2, 0) is 0 Å². The first kappa shape index (κ1) is 12.2. The normalized spacial score (nSPS) is 11.2. The van der Waals surface area contributed by atoms with Crippen molar-refractivity contribution in [3.05, 3.63) is 64.5 Å². The minimum Gasteiger partial charge on any atom is -0.134 e. The van der Waals surface area contributed by atoms with Crippen molar-refractivity contribution in [2.45, 2.75) is 0 Å². The molecule has 0 N–H and O–H groups in total. The van der Waals surface area contributed by atoms with E-state index in [9.17, 15) is 0 Å². The van der Waals surface area contributed by atoms with E-state index in [0.717, 1.165) is 3.82 Å². The van der Waals surface area contributed by atoms with Crippen LogP contribution in [0.15, 0.2) is 60.7 Å². The summed E-state index contributed by atoms with van der Waals surface area (Å²) in [6.45, 7) is 0. The van der Waals surface area contributed by atoms with Gasteiger partial charge in [-0.2, -0.15) is 0 Å². The average molecular weight is 310 g/mol. The quantitative estimate of drug-likeness (QED) is 0.361. The van der Waals surface area contributed by atoms with E-state index in [1.165, 1.54) is 30.6 Å². The highest BCUT2D eigenvalue weighted by Gasteiger charge is 2.11. The molecule has 20 heavy (non-hydrogen) atoms. The fraction of sp³-hybridized carbons (Fsp3) is 0. The molecule has 0 saturated carbocycles. The van der Waals surface area contributed by atoms with Crippen LogP contribution in [0, 0.1) is 3.82 Å². The van der Waals surface area contributed by atoms with Crippen LogP contribution in [0.4, 0.5) is 0 Å². The molecule has 0 atom stereocenters. The number of thiophene rings is 1. The molecule has 0 amide bonds. The predicted octanol–water partition coefficient (Wildman–Crippen LogP) is 6.51. The Labute approximate surface area is 130 Å². The Morgan fingerprint density at radius 3 is 2.35 bits per heavy atom. The van der Waals surface area contributed by atoms with Gasteiger partial charge in [0, 0.05) is 15.6 Å². The van der Waals surface area contributed by atoms with E-state index in [1.54, 1.807) is 11.3 Å². The first-order valence-corrected chi connectivity index (χ1v) is 8.38. The second-order valence-corrected chi connectivity index (χ2v) is 7.40. The van der Waals surface area contributed by atoms with Gasteiger partial charge >= 0.3 is 0 Å². The molecule has 4 rings (SSSR count). The van der Waals surface area contributed by atoms with Crippen LogP contribution in [0.1, 0.15) is 0 Å². The predicted molar refractivity (Wildman–Crippen MR) is 93.5 cm³/mol. The summed E-state index contributed by atoms with van der Waals surface area (Å²) in [7, 11) is 0. The molecule has 0 aliphatic heterocycles. The van der Waals surface area contributed by atoms with Gasteiger partial charge in [-0.3, -0.25) is 0 Å². The van der Waals surface area contributed by atoms with Gasteiger partial charge in [0.05, 0.1) is 13.2 Å². The summed E-state index contributed by atoms with van der Waals surface area (Å²) in [6.07, 6.45) is 0. The molecule has 3 heteroatoms. The van der Waals surface area contributed by atoms with Crippen molar-refractivity contribution in [1.29, 1.82) is 0 Å². The van der Waals surface area contributed by atoms with E-state index in [1.807, 2.05) is 17.4 Å². The molecule has 0 nitrogen and oxygen atoms in total. The van der Waals surface area contributed by atoms with Crippen LogP contribution >= 0.6 is 34.9 Å². The molecule has 96 valence electrons. The van der Waals surface area contributed by atoms with Crippen molar-refractivity contribution in [2.75, 3.05) is 0 Å². The Morgan fingerprint density at radius 2 is 1.50 bits per heavy atom. The Morgan fingerprint density at radius 1 is 0.750 bits per heavy atom. The van der Waals surface area contributed by atoms with Gasteiger partial charge in [-0.1, -0.05) is 60.7 Å². The lowest BCUT2D eigenvalue weighted by Crippen LogP contribution is -1.76. The van der Waals surface area contributed by atoms with Gasteiger partial charge in [-0.25, -0.2) is 0 Å². The van der Waals surface area contributed by atoms with Gasteiger partial charge in [0.1, 0.15) is 0 Å². The molecule has 0 aliphatic rings. The Kier molecular flexibility index (Phi) is 2.91. The van der Waals surface area contributed by atoms with Crippen molar-refractivity contribution in [3.8, 4) is 11.1 Å². The molecular formula is C17H10S3. The molecule has 0 spiro atoms. The molecule has 0 radical (unpaired) electrons. The lowest BCUT2D eigenvalue weighted by atomic mass is 10.1. The Balaban J connectivity index is 2.19. The van der Waals surface area contributed by atoms with Gasteiger partial charge < -0.3 is 0 Å². The van der Waals surface area contributed by atoms with Gasteiger partial charge in [-0.15, -0.1) is 22.7 Å². The van der Waals surface area contributed by atoms with Crippen molar-refractivity contribution >= 4 is 54.4 Å². The fourth-order valence-electron chi connectivity index (χ4n) is 2.45. The number of rotatable bonds is 1. The molecule has 2 aromatic carbocycles. The molecule has 0 saturated heterocycles. The maximum absolute atomic E-state index is 5.48. The van der Waals surface area contributed by atoms with Gasteiger partial charge in [0.2, 0.25) is 0 Å². The molecule has 0 fully saturated rings. The SMILES string of the molecule is S=c1cc(-c2ccccc2)c2sc3ccccc3c2s1. The van der Waals surface area contributed by atoms with Gasteiger partial charge in [0.25, 0.3) is 0 Å². The molecule has 0 unspecified atom stereocenters. The van der Waals surface area contributed by atoms with E-state index >= 15 is 0 Å². The third-order valence-electron chi connectivity index (χ3n) is 3.34. The first-order chi connectivity index (χ1) is 9.83. The molecule has 2 aromatic heterocycles. The van der Waals surface area contributed by atoms with Crippen LogP contribution in [0.25, 0.3) is 30.6 Å². The van der Waals surface area contributed by atoms with E-state index in [-0.39, 0.29) is 0 Å². The summed E-state index contributed by atoms with van der Waals surface area (Å²) in [6, 6.07) is 21.2. The number of hydrogen-bond donors (Lipinski definition) is 0. The maximum Gasteiger partial charge on any atom is 0.0912 e. The smallest absolute Gasteiger partial charge is 0.0912 e. The number of hydrogen-bond acceptors (Lipinski definition) is 3. The number of fused-ring (bicyclic) bond motifs is 3. The molecular weight excluding hydrogens is 300 g/mol. The fourth-order valence-corrected chi connectivity index (χ4v) is 5.13. The second kappa shape index (κ2) is 4.77. The highest BCUT2D eigenvalue weighted by Crippen LogP contribution is 2.42. The van der Waals surface area contributed by atoms with Crippen molar-refractivity contribution in [3.63, 3.8) is 0 Å². The zero-order chi connectivity index (χ0) is 13.5. The largest absolute Gasteiger partial charge is 0.134 e. The molecule has 0 aliphatic carbocycles. The van der Waals surface area contributed by atoms with Crippen molar-refractivity contribution < 1.29 is 0 Å². The molecule has 0 bridgehead atoms. The zero-order valence-electron chi connectivity index (χ0n) is 10.5. The van der Waals surface area contributed by atoms with E-state index in [0.29, 0.717) is 0 Å². The van der Waals surface area contributed by atoms with E-state index < -0.39 is 0 Å². The highest BCUT2D eigenvalue weighted by molar-refractivity contribution is 7.73. The van der Waals surface area contributed by atoms with E-state index in [4.69, 9.17) is 12.2 Å². The summed E-state index contributed by atoms with van der Waals surface area (Å²) in [5, 5.41) is 1.32. The standard InChI is InChI=1S/C17H10S3/c18-15-10-13(11-6-2-1-3-7-11)17-16(20-15)12-8-4-5-9-14(12)19-17/h1-10H. The maximum atomic E-state index is 5.48. The summed E-state index contributed by atoms with van der Waals surface area (Å²) < 4.78 is 4.93. The van der Waals surface area contributed by atoms with Crippen LogP contribution in [-0.4, -0.2) is 0 Å². The third-order valence-corrected chi connectivity index (χ3v) is 5.99. The van der Waals surface area contributed by atoms with Crippen LogP contribution in [0.3, 0.4) is 0 Å². The van der Waals surface area contributed by atoms with Gasteiger partial charge in [-0.05, 0) is 17.7 Å². The third kappa shape index (κ3) is 1.90. The summed E-state index contributed by atoms with van der Waals surface area (Å²) in [4.78, 5) is 0. The minimum absolute atomic E-state index is 0.944. The second-order valence-electron chi connectivity index (χ2n) is 4.60. The molecule has 2 heterocycles. The average Bonchev–Trinajstić information content (AvgIpc) is 2.86. The van der Waals surface area contributed by atoms with Gasteiger partial charge in [0.15, 0.2) is 0 Å². The monoisotopic (exact) mass is 310 g/mol. The lowest BCUT2D eigenvalue weighted by Gasteiger charge is -2.02. The zero-order valence-corrected chi connectivity index (χ0v) is 12.9. The Bertz CT molecular complexity index is 962. The number of benzene rings is 2. The van der Waals surface area contributed by atoms with Crippen molar-refractivity contribution in [2.24, 2.45) is 0 Å². The summed E-state index contributed by atoms with van der Waals surface area (Å²) in [5.41, 5.74) is 2.49. The lowest BCUT2D eigenvalue weighted by molar-refractivity contribution is 1.68. The first-order valence-electron chi connectivity index (χ1n) is 6.34. The summed E-state index contributed by atoms with van der Waals surface area (Å²) >= 11 is 9.05. The summed E-state index contributed by atoms with van der Waals surface area (Å²) in [5.74, 6) is 0.